The first kappa shape index (κ1) is 19.8. The second-order valence-electron chi connectivity index (χ2n) is 6.28. The molecule has 0 saturated carbocycles. The van der Waals surface area contributed by atoms with E-state index in [1.54, 1.807) is 29.2 Å². The van der Waals surface area contributed by atoms with Gasteiger partial charge in [0, 0.05) is 11.4 Å². The normalized spacial score (nSPS) is 21.8. The lowest BCUT2D eigenvalue weighted by Gasteiger charge is -2.19. The summed E-state index contributed by atoms with van der Waals surface area (Å²) in [7, 11) is 0. The van der Waals surface area contributed by atoms with Crippen LogP contribution in [0.2, 0.25) is 5.02 Å². The highest BCUT2D eigenvalue weighted by Gasteiger charge is 2.38. The lowest BCUT2D eigenvalue weighted by atomic mass is 10.1. The Kier molecular flexibility index (Phi) is 6.35. The Labute approximate surface area is 170 Å². The highest BCUT2D eigenvalue weighted by molar-refractivity contribution is 6.30. The largest absolute Gasteiger partial charge is 0.462 e. The molecule has 1 aromatic heterocycles. The molecule has 0 amide bonds. The number of esters is 1. The van der Waals surface area contributed by atoms with E-state index in [4.69, 9.17) is 32.9 Å². The third-order valence-corrected chi connectivity index (χ3v) is 4.53. The van der Waals surface area contributed by atoms with Crippen LogP contribution in [0.1, 0.15) is 19.6 Å². The molecule has 1 aliphatic heterocycles. The molecule has 2 heterocycles. The van der Waals surface area contributed by atoms with Crippen LogP contribution in [0.5, 0.6) is 0 Å². The molecule has 0 spiro atoms. The Morgan fingerprint density at radius 3 is 2.83 bits per heavy atom. The quantitative estimate of drug-likeness (QED) is 0.620. The number of hydrogen-bond acceptors (Lipinski definition) is 7. The van der Waals surface area contributed by atoms with E-state index in [0.717, 1.165) is 5.56 Å². The van der Waals surface area contributed by atoms with Gasteiger partial charge in [0.15, 0.2) is 0 Å². The number of nitrogens with zero attached hydrogens (tertiary/aromatic N) is 1. The molecule has 3 N–H and O–H groups in total. The van der Waals surface area contributed by atoms with Gasteiger partial charge in [-0.3, -0.25) is 19.1 Å². The van der Waals surface area contributed by atoms with Gasteiger partial charge in [0.2, 0.25) is 5.82 Å². The molecular weight excluding hydrogens is 409 g/mol. The van der Waals surface area contributed by atoms with E-state index in [0.29, 0.717) is 9.59 Å². The summed E-state index contributed by atoms with van der Waals surface area (Å²) in [4.78, 5) is 36.7. The fraction of sp³-hybridized carbons (Fsp3) is 0.389. The first-order valence-electron chi connectivity index (χ1n) is 9.18. The summed E-state index contributed by atoms with van der Waals surface area (Å²) < 4.78 is 38.9. The summed E-state index contributed by atoms with van der Waals surface area (Å²) in [6.45, 7) is -0.374. The third kappa shape index (κ3) is 5.30. The lowest BCUT2D eigenvalue weighted by Crippen LogP contribution is -2.34. The van der Waals surface area contributed by atoms with Gasteiger partial charge in [-0.2, -0.15) is 4.39 Å². The van der Waals surface area contributed by atoms with Crippen molar-refractivity contribution >= 4 is 17.6 Å². The Bertz CT molecular complexity index is 1030. The number of rotatable bonds is 7. The molecule has 3 rings (SSSR count). The molecule has 2 aromatic rings. The number of aromatic amines is 1. The van der Waals surface area contributed by atoms with E-state index in [2.05, 4.69) is 0 Å². The topological polar surface area (TPSA) is 126 Å². The van der Waals surface area contributed by atoms with Gasteiger partial charge in [0.1, 0.15) is 18.9 Å². The average molecular weight is 430 g/mol. The second kappa shape index (κ2) is 9.31. The Hall–Kier alpha value is -2.53. The molecule has 3 atom stereocenters. The first-order chi connectivity index (χ1) is 14.3. The van der Waals surface area contributed by atoms with Crippen molar-refractivity contribution in [3.63, 3.8) is 0 Å². The van der Waals surface area contributed by atoms with Gasteiger partial charge < -0.3 is 19.9 Å². The molecule has 1 fully saturated rings. The van der Waals surface area contributed by atoms with Crippen LogP contribution >= 0.6 is 11.6 Å². The fourth-order valence-corrected chi connectivity index (χ4v) is 2.95. The van der Waals surface area contributed by atoms with Crippen molar-refractivity contribution in [2.24, 2.45) is 5.73 Å². The number of ether oxygens (including phenoxy) is 3. The Morgan fingerprint density at radius 1 is 1.41 bits per heavy atom. The molecule has 11 heteroatoms. The van der Waals surface area contributed by atoms with Crippen molar-refractivity contribution < 1.29 is 24.8 Å². The van der Waals surface area contributed by atoms with E-state index in [-0.39, 0.29) is 26.2 Å². The highest BCUT2D eigenvalue weighted by atomic mass is 35.5. The van der Waals surface area contributed by atoms with E-state index in [1.807, 2.05) is 0 Å². The predicted molar refractivity (Wildman–Crippen MR) is 99.9 cm³/mol. The maximum absolute atomic E-state index is 13.8. The zero-order chi connectivity index (χ0) is 21.8. The fourth-order valence-electron chi connectivity index (χ4n) is 2.82. The lowest BCUT2D eigenvalue weighted by molar-refractivity contribution is -0.149. The van der Waals surface area contributed by atoms with Crippen LogP contribution in [-0.4, -0.2) is 40.9 Å². The van der Waals surface area contributed by atoms with Crippen LogP contribution in [0.25, 0.3) is 0 Å². The summed E-state index contributed by atoms with van der Waals surface area (Å²) >= 11 is 5.86. The zero-order valence-electron chi connectivity index (χ0n) is 16.1. The summed E-state index contributed by atoms with van der Waals surface area (Å²) in [5.41, 5.74) is 3.76. The van der Waals surface area contributed by atoms with E-state index in [9.17, 15) is 18.8 Å². The van der Waals surface area contributed by atoms with Crippen molar-refractivity contribution in [3.8, 4) is 0 Å². The average Bonchev–Trinajstić information content (AvgIpc) is 3.12. The molecular formula is C18H19ClFN3O6. The van der Waals surface area contributed by atoms with Crippen LogP contribution in [0.15, 0.2) is 40.0 Å². The summed E-state index contributed by atoms with van der Waals surface area (Å²) in [6.07, 6.45) is -3.43. The van der Waals surface area contributed by atoms with Gasteiger partial charge in [-0.05, 0) is 17.7 Å². The van der Waals surface area contributed by atoms with Gasteiger partial charge in [-0.1, -0.05) is 23.7 Å². The van der Waals surface area contributed by atoms with Crippen LogP contribution in [0, 0.1) is 5.82 Å². The van der Waals surface area contributed by atoms with Gasteiger partial charge in [0.05, 0.1) is 26.8 Å². The van der Waals surface area contributed by atoms with Gasteiger partial charge >= 0.3 is 11.7 Å². The Morgan fingerprint density at radius 2 is 2.14 bits per heavy atom. The molecule has 1 aromatic carbocycles. The number of nitrogens with two attached hydrogens (primary N) is 1. The zero-order valence-corrected chi connectivity index (χ0v) is 15.9. The molecule has 29 heavy (non-hydrogen) atoms. The minimum absolute atomic E-state index is 0.0513. The maximum atomic E-state index is 13.8. The monoisotopic (exact) mass is 429 g/mol. The number of H-pyrrole nitrogens is 1. The van der Waals surface area contributed by atoms with Crippen molar-refractivity contribution in [1.82, 2.24) is 9.55 Å². The van der Waals surface area contributed by atoms with Crippen LogP contribution in [-0.2, 0) is 25.6 Å². The molecule has 0 bridgehead atoms. The smallest absolute Gasteiger partial charge is 0.330 e. The standard InChI is InChI=1S/C18H19ClFN3O6/c19-11-3-1-10(2-4-11)8-27-13-5-15(29-14(13)9-28-16(24)6-21)23-7-12(20)17(25)22-18(23)26/h1-4,7,13-15H,5-6,8-9,21H2,(H,22,25,26)/t13-,14+,15+/m0/s1/i7T. The van der Waals surface area contributed by atoms with Crippen LogP contribution < -0.4 is 17.0 Å². The molecule has 1 aliphatic rings. The van der Waals surface area contributed by atoms with Crippen LogP contribution in [0.4, 0.5) is 4.39 Å². The molecule has 0 aliphatic carbocycles. The summed E-state index contributed by atoms with van der Waals surface area (Å²) in [5, 5.41) is 0.567. The minimum Gasteiger partial charge on any atom is -0.462 e. The predicted octanol–water partition coefficient (Wildman–Crippen LogP) is 0.704. The number of nitrogens with one attached hydrogen (secondary N) is 1. The van der Waals surface area contributed by atoms with Crippen molar-refractivity contribution in [2.75, 3.05) is 13.2 Å². The second-order valence-corrected chi connectivity index (χ2v) is 6.72. The Balaban J connectivity index is 1.80. The number of carbonyl (C=O) groups excluding carboxylic acids is 1. The number of benzene rings is 1. The van der Waals surface area contributed by atoms with Crippen LogP contribution in [0.3, 0.4) is 0 Å². The molecule has 0 unspecified atom stereocenters. The molecule has 0 radical (unpaired) electrons. The summed E-state index contributed by atoms with van der Waals surface area (Å²) in [6, 6.07) is 6.93. The van der Waals surface area contributed by atoms with E-state index in [1.165, 1.54) is 0 Å². The van der Waals surface area contributed by atoms with Crippen molar-refractivity contribution in [3.05, 3.63) is 67.7 Å². The van der Waals surface area contributed by atoms with Crippen molar-refractivity contribution in [1.29, 1.82) is 0 Å². The van der Waals surface area contributed by atoms with Crippen molar-refractivity contribution in [2.45, 2.75) is 31.5 Å². The maximum Gasteiger partial charge on any atom is 0.330 e. The number of aromatic nitrogens is 2. The summed E-state index contributed by atoms with van der Waals surface area (Å²) in [5.74, 6) is -2.07. The highest BCUT2D eigenvalue weighted by Crippen LogP contribution is 2.31. The molecule has 156 valence electrons. The number of hydrogen-bond donors (Lipinski definition) is 2. The van der Waals surface area contributed by atoms with Gasteiger partial charge in [-0.25, -0.2) is 4.79 Å². The third-order valence-electron chi connectivity index (χ3n) is 4.28. The van der Waals surface area contributed by atoms with E-state index < -0.39 is 47.6 Å². The molecule has 1 saturated heterocycles. The van der Waals surface area contributed by atoms with Gasteiger partial charge in [0.25, 0.3) is 5.56 Å². The number of carbonyl (C=O) groups is 1. The first-order valence-corrected chi connectivity index (χ1v) is 9.06. The minimum atomic E-state index is -1.41. The SMILES string of the molecule is [3H]c1c(F)c(=O)[nH]c(=O)n1[C@H]1C[C@H](OCc2ccc(Cl)cc2)[C@@H](COC(=O)CN)O1. The molecule has 9 nitrogen and oxygen atoms in total. The number of halogens is 2. The van der Waals surface area contributed by atoms with E-state index >= 15 is 0 Å². The van der Waals surface area contributed by atoms with Gasteiger partial charge in [-0.15, -0.1) is 0 Å².